The van der Waals surface area contributed by atoms with Crippen LogP contribution in [0.2, 0.25) is 0 Å². The summed E-state index contributed by atoms with van der Waals surface area (Å²) in [6.07, 6.45) is 0.666. The van der Waals surface area contributed by atoms with Crippen molar-refractivity contribution in [2.24, 2.45) is 0 Å². The Morgan fingerprint density at radius 3 is 3.33 bits per heavy atom. The highest BCUT2D eigenvalue weighted by atomic mass is 32.1. The predicted octanol–water partition coefficient (Wildman–Crippen LogP) is 0.389. The molecule has 0 spiro atoms. The van der Waals surface area contributed by atoms with E-state index in [1.54, 1.807) is 0 Å². The normalized spacial score (nSPS) is 8.89. The van der Waals surface area contributed by atoms with Gasteiger partial charge in [-0.3, -0.25) is 4.79 Å². The van der Waals surface area contributed by atoms with Gasteiger partial charge in [0.15, 0.2) is 0 Å². The van der Waals surface area contributed by atoms with Crippen LogP contribution in [0.4, 0.5) is 0 Å². The number of hydrogen-bond donors (Lipinski definition) is 1. The number of rotatable bonds is 3. The van der Waals surface area contributed by atoms with Crippen LogP contribution in [-0.2, 0) is 11.3 Å². The molecule has 3 nitrogen and oxygen atoms in total. The smallest absolute Gasteiger partial charge is 0.207 e. The van der Waals surface area contributed by atoms with Gasteiger partial charge < -0.3 is 5.32 Å². The van der Waals surface area contributed by atoms with Gasteiger partial charge in [-0.15, -0.1) is 0 Å². The summed E-state index contributed by atoms with van der Waals surface area (Å²) in [5, 5.41) is 4.39. The molecule has 1 aromatic rings. The fourth-order valence-electron chi connectivity index (χ4n) is 0.475. The van der Waals surface area contributed by atoms with E-state index in [2.05, 4.69) is 9.69 Å². The molecule has 0 bridgehead atoms. The molecule has 0 aliphatic rings. The number of nitrogens with one attached hydrogen (secondary N) is 1. The first-order valence-electron chi connectivity index (χ1n) is 2.50. The molecule has 4 heteroatoms. The summed E-state index contributed by atoms with van der Waals surface area (Å²) in [7, 11) is 0. The maximum Gasteiger partial charge on any atom is 0.207 e. The third-order valence-corrected chi connectivity index (χ3v) is 1.46. The number of hydrogen-bond acceptors (Lipinski definition) is 3. The second kappa shape index (κ2) is 3.19. The van der Waals surface area contributed by atoms with E-state index in [1.165, 1.54) is 11.5 Å². The minimum Gasteiger partial charge on any atom is -0.353 e. The van der Waals surface area contributed by atoms with Gasteiger partial charge in [-0.1, -0.05) is 0 Å². The van der Waals surface area contributed by atoms with E-state index in [0.717, 1.165) is 5.69 Å². The molecule has 1 heterocycles. The first-order valence-corrected chi connectivity index (χ1v) is 3.33. The monoisotopic (exact) mass is 142 g/mol. The Balaban J connectivity index is 2.38. The summed E-state index contributed by atoms with van der Waals surface area (Å²) in [6.45, 7) is 0.535. The molecule has 0 unspecified atom stereocenters. The van der Waals surface area contributed by atoms with Crippen LogP contribution in [-0.4, -0.2) is 10.8 Å². The van der Waals surface area contributed by atoms with Crippen molar-refractivity contribution in [3.05, 3.63) is 17.1 Å². The van der Waals surface area contributed by atoms with Gasteiger partial charge in [0.2, 0.25) is 6.41 Å². The Morgan fingerprint density at radius 2 is 2.78 bits per heavy atom. The lowest BCUT2D eigenvalue weighted by atomic mass is 10.4. The maximum atomic E-state index is 9.76. The Hall–Kier alpha value is -0.900. The molecule has 1 N–H and O–H groups in total. The molecular formula is C5H6N2OS. The number of nitrogens with zero attached hydrogens (tertiary/aromatic N) is 1. The average molecular weight is 142 g/mol. The third-order valence-electron chi connectivity index (χ3n) is 0.858. The van der Waals surface area contributed by atoms with Gasteiger partial charge in [-0.05, 0) is 17.6 Å². The molecule has 0 aliphatic heterocycles. The average Bonchev–Trinajstić information content (AvgIpc) is 2.34. The minimum atomic E-state index is 0.535. The van der Waals surface area contributed by atoms with Crippen LogP contribution in [0.3, 0.4) is 0 Å². The largest absolute Gasteiger partial charge is 0.353 e. The lowest BCUT2D eigenvalue weighted by Crippen LogP contribution is -2.09. The van der Waals surface area contributed by atoms with E-state index in [-0.39, 0.29) is 0 Å². The first kappa shape index (κ1) is 6.22. The van der Waals surface area contributed by atoms with Crippen LogP contribution in [0, 0.1) is 0 Å². The lowest BCUT2D eigenvalue weighted by Gasteiger charge is -1.89. The summed E-state index contributed by atoms with van der Waals surface area (Å²) in [5.74, 6) is 0. The summed E-state index contributed by atoms with van der Waals surface area (Å²) >= 11 is 1.38. The molecule has 1 aromatic heterocycles. The van der Waals surface area contributed by atoms with E-state index in [1.807, 2.05) is 11.4 Å². The fraction of sp³-hybridized carbons (Fsp3) is 0.200. The van der Waals surface area contributed by atoms with Crippen molar-refractivity contribution in [2.45, 2.75) is 6.54 Å². The fourth-order valence-corrected chi connectivity index (χ4v) is 1.01. The van der Waals surface area contributed by atoms with E-state index in [9.17, 15) is 4.79 Å². The van der Waals surface area contributed by atoms with E-state index >= 15 is 0 Å². The second-order valence-electron chi connectivity index (χ2n) is 1.49. The van der Waals surface area contributed by atoms with Crippen molar-refractivity contribution in [2.75, 3.05) is 0 Å². The number of aromatic nitrogens is 1. The van der Waals surface area contributed by atoms with Crippen molar-refractivity contribution in [3.63, 3.8) is 0 Å². The van der Waals surface area contributed by atoms with Crippen LogP contribution in [0.5, 0.6) is 0 Å². The molecule has 0 aliphatic carbocycles. The highest BCUT2D eigenvalue weighted by molar-refractivity contribution is 7.03. The van der Waals surface area contributed by atoms with Crippen molar-refractivity contribution >= 4 is 17.9 Å². The van der Waals surface area contributed by atoms with E-state index in [0.29, 0.717) is 13.0 Å². The van der Waals surface area contributed by atoms with Crippen molar-refractivity contribution in [1.82, 2.24) is 9.69 Å². The quantitative estimate of drug-likeness (QED) is 0.620. The van der Waals surface area contributed by atoms with Gasteiger partial charge in [0.25, 0.3) is 0 Å². The third kappa shape index (κ3) is 1.81. The zero-order valence-corrected chi connectivity index (χ0v) is 5.52. The molecule has 1 rings (SSSR count). The zero-order chi connectivity index (χ0) is 6.53. The Bertz CT molecular complexity index is 173. The van der Waals surface area contributed by atoms with E-state index < -0.39 is 0 Å². The Morgan fingerprint density at radius 1 is 1.89 bits per heavy atom. The molecular weight excluding hydrogens is 136 g/mol. The topological polar surface area (TPSA) is 42.0 Å². The van der Waals surface area contributed by atoms with Crippen molar-refractivity contribution in [3.8, 4) is 0 Å². The van der Waals surface area contributed by atoms with Crippen LogP contribution in [0.15, 0.2) is 11.4 Å². The van der Waals surface area contributed by atoms with E-state index in [4.69, 9.17) is 0 Å². The highest BCUT2D eigenvalue weighted by Crippen LogP contribution is 1.97. The Labute approximate surface area is 56.9 Å². The minimum absolute atomic E-state index is 0.535. The molecule has 0 saturated carbocycles. The number of carbonyl (C=O) groups is 1. The highest BCUT2D eigenvalue weighted by Gasteiger charge is 1.89. The summed E-state index contributed by atoms with van der Waals surface area (Å²) in [6, 6.07) is 1.88. The van der Waals surface area contributed by atoms with Gasteiger partial charge in [-0.25, -0.2) is 0 Å². The lowest BCUT2D eigenvalue weighted by molar-refractivity contribution is -0.109. The van der Waals surface area contributed by atoms with Crippen LogP contribution in [0.25, 0.3) is 0 Å². The first-order chi connectivity index (χ1) is 4.43. The summed E-state index contributed by atoms with van der Waals surface area (Å²) in [5.41, 5.74) is 0.909. The van der Waals surface area contributed by atoms with Gasteiger partial charge in [0.05, 0.1) is 12.2 Å². The number of amides is 1. The summed E-state index contributed by atoms with van der Waals surface area (Å²) in [4.78, 5) is 9.76. The van der Waals surface area contributed by atoms with Crippen molar-refractivity contribution in [1.29, 1.82) is 0 Å². The Kier molecular flexibility index (Phi) is 2.21. The molecule has 0 aromatic carbocycles. The van der Waals surface area contributed by atoms with Crippen molar-refractivity contribution < 1.29 is 4.79 Å². The van der Waals surface area contributed by atoms with Gasteiger partial charge in [0, 0.05) is 5.38 Å². The van der Waals surface area contributed by atoms with Crippen LogP contribution < -0.4 is 5.32 Å². The summed E-state index contributed by atoms with van der Waals surface area (Å²) < 4.78 is 3.97. The zero-order valence-electron chi connectivity index (χ0n) is 4.70. The van der Waals surface area contributed by atoms with Crippen LogP contribution >= 0.6 is 11.5 Å². The SMILES string of the molecule is O=CNCc1ccsn1. The molecule has 0 atom stereocenters. The molecule has 1 amide bonds. The maximum absolute atomic E-state index is 9.76. The van der Waals surface area contributed by atoms with Gasteiger partial charge >= 0.3 is 0 Å². The molecule has 0 fully saturated rings. The molecule has 9 heavy (non-hydrogen) atoms. The van der Waals surface area contributed by atoms with Gasteiger partial charge in [-0.2, -0.15) is 4.37 Å². The second-order valence-corrected chi connectivity index (χ2v) is 2.16. The van der Waals surface area contributed by atoms with Gasteiger partial charge in [0.1, 0.15) is 0 Å². The van der Waals surface area contributed by atoms with Crippen LogP contribution in [0.1, 0.15) is 5.69 Å². The molecule has 0 saturated heterocycles. The number of carbonyl (C=O) groups excluding carboxylic acids is 1. The standard InChI is InChI=1S/C5H6N2OS/c8-4-6-3-5-1-2-9-7-5/h1-2,4H,3H2,(H,6,8). The molecule has 48 valence electrons. The molecule has 0 radical (unpaired) electrons. The predicted molar refractivity (Wildman–Crippen MR) is 35.0 cm³/mol.